The Labute approximate surface area is 161 Å². The first kappa shape index (κ1) is 20.5. The maximum Gasteiger partial charge on any atom is 0.191 e. The molecular formula is C16H28IN7. The zero-order valence-electron chi connectivity index (χ0n) is 15.0. The fourth-order valence-electron chi connectivity index (χ4n) is 2.48. The van der Waals surface area contributed by atoms with E-state index in [1.54, 1.807) is 7.05 Å². The SMILES string of the molecule is CN=C(NCc1ccn(C)c1)NCC(c1cnn(C)c1)N(C)C.I. The van der Waals surface area contributed by atoms with E-state index in [0.717, 1.165) is 19.0 Å². The third kappa shape index (κ3) is 5.82. The van der Waals surface area contributed by atoms with E-state index in [1.807, 2.05) is 41.9 Å². The molecular weight excluding hydrogens is 417 g/mol. The Hall–Kier alpha value is -1.55. The molecule has 0 aliphatic carbocycles. The monoisotopic (exact) mass is 445 g/mol. The van der Waals surface area contributed by atoms with Crippen molar-refractivity contribution in [2.24, 2.45) is 19.1 Å². The molecule has 0 aliphatic heterocycles. The Kier molecular flexibility index (Phi) is 8.26. The minimum Gasteiger partial charge on any atom is -0.357 e. The summed E-state index contributed by atoms with van der Waals surface area (Å²) >= 11 is 0. The van der Waals surface area contributed by atoms with Crippen molar-refractivity contribution in [2.75, 3.05) is 27.7 Å². The minimum absolute atomic E-state index is 0. The normalized spacial score (nSPS) is 12.8. The molecule has 0 spiro atoms. The lowest BCUT2D eigenvalue weighted by molar-refractivity contribution is 0.298. The summed E-state index contributed by atoms with van der Waals surface area (Å²) in [5.41, 5.74) is 2.41. The lowest BCUT2D eigenvalue weighted by Crippen LogP contribution is -2.41. The fraction of sp³-hybridized carbons (Fsp3) is 0.500. The molecule has 2 aromatic rings. The molecule has 2 aromatic heterocycles. The van der Waals surface area contributed by atoms with Crippen LogP contribution in [0.5, 0.6) is 0 Å². The molecule has 0 radical (unpaired) electrons. The fourth-order valence-corrected chi connectivity index (χ4v) is 2.48. The summed E-state index contributed by atoms with van der Waals surface area (Å²) in [5.74, 6) is 0.796. The van der Waals surface area contributed by atoms with Gasteiger partial charge in [-0.15, -0.1) is 24.0 Å². The molecule has 2 rings (SSSR count). The molecule has 0 saturated heterocycles. The molecule has 1 unspecified atom stereocenters. The van der Waals surface area contributed by atoms with Crippen molar-refractivity contribution in [2.45, 2.75) is 12.6 Å². The zero-order chi connectivity index (χ0) is 16.8. The number of nitrogens with zero attached hydrogens (tertiary/aromatic N) is 5. The highest BCUT2D eigenvalue weighted by Gasteiger charge is 2.16. The number of halogens is 1. The van der Waals surface area contributed by atoms with Gasteiger partial charge in [0, 0.05) is 58.4 Å². The summed E-state index contributed by atoms with van der Waals surface area (Å²) < 4.78 is 3.87. The van der Waals surface area contributed by atoms with E-state index in [2.05, 4.69) is 52.0 Å². The van der Waals surface area contributed by atoms with Crippen LogP contribution in [0.1, 0.15) is 17.2 Å². The third-order valence-electron chi connectivity index (χ3n) is 3.77. The van der Waals surface area contributed by atoms with Crippen LogP contribution in [0.4, 0.5) is 0 Å². The number of hydrogen-bond acceptors (Lipinski definition) is 3. The van der Waals surface area contributed by atoms with Crippen LogP contribution in [-0.2, 0) is 20.6 Å². The molecule has 2 heterocycles. The van der Waals surface area contributed by atoms with Gasteiger partial charge in [0.1, 0.15) is 0 Å². The number of aromatic nitrogens is 3. The average molecular weight is 445 g/mol. The summed E-state index contributed by atoms with van der Waals surface area (Å²) in [5, 5.41) is 11.0. The van der Waals surface area contributed by atoms with Gasteiger partial charge in [0.25, 0.3) is 0 Å². The lowest BCUT2D eigenvalue weighted by atomic mass is 10.1. The number of guanidine groups is 1. The van der Waals surface area contributed by atoms with Crippen LogP contribution in [0.3, 0.4) is 0 Å². The standard InChI is InChI=1S/C16H27N7.HI/c1-17-16(18-8-13-6-7-22(4)11-13)19-10-15(21(2)3)14-9-20-23(5)12-14;/h6-7,9,11-12,15H,8,10H2,1-5H3,(H2,17,18,19);1H. The van der Waals surface area contributed by atoms with E-state index >= 15 is 0 Å². The predicted octanol–water partition coefficient (Wildman–Crippen LogP) is 1.34. The molecule has 0 amide bonds. The van der Waals surface area contributed by atoms with Crippen molar-refractivity contribution in [3.63, 3.8) is 0 Å². The van der Waals surface area contributed by atoms with Gasteiger partial charge < -0.3 is 20.1 Å². The topological polar surface area (TPSA) is 62.4 Å². The van der Waals surface area contributed by atoms with Gasteiger partial charge in [-0.1, -0.05) is 0 Å². The molecule has 0 aromatic carbocycles. The van der Waals surface area contributed by atoms with Gasteiger partial charge in [-0.2, -0.15) is 5.10 Å². The first-order valence-electron chi connectivity index (χ1n) is 7.70. The van der Waals surface area contributed by atoms with Crippen molar-refractivity contribution in [3.8, 4) is 0 Å². The van der Waals surface area contributed by atoms with Crippen LogP contribution in [-0.4, -0.2) is 52.9 Å². The maximum atomic E-state index is 4.29. The Bertz CT molecular complexity index is 644. The first-order chi connectivity index (χ1) is 11.0. The Balaban J connectivity index is 0.00000288. The van der Waals surface area contributed by atoms with E-state index in [4.69, 9.17) is 0 Å². The highest BCUT2D eigenvalue weighted by Crippen LogP contribution is 2.15. The summed E-state index contributed by atoms with van der Waals surface area (Å²) in [6.07, 6.45) is 8.09. The number of aliphatic imine (C=N–C) groups is 1. The largest absolute Gasteiger partial charge is 0.357 e. The molecule has 0 aliphatic rings. The second-order valence-electron chi connectivity index (χ2n) is 5.92. The highest BCUT2D eigenvalue weighted by atomic mass is 127. The van der Waals surface area contributed by atoms with Crippen LogP contribution in [0, 0.1) is 0 Å². The number of nitrogens with one attached hydrogen (secondary N) is 2. The molecule has 8 heteroatoms. The van der Waals surface area contributed by atoms with Gasteiger partial charge in [-0.25, -0.2) is 0 Å². The van der Waals surface area contributed by atoms with Gasteiger partial charge in [0.2, 0.25) is 0 Å². The van der Waals surface area contributed by atoms with Crippen molar-refractivity contribution < 1.29 is 0 Å². The van der Waals surface area contributed by atoms with Crippen LogP contribution in [0.25, 0.3) is 0 Å². The molecule has 2 N–H and O–H groups in total. The number of rotatable bonds is 6. The molecule has 0 fully saturated rings. The summed E-state index contributed by atoms with van der Waals surface area (Å²) in [4.78, 5) is 6.46. The molecule has 0 saturated carbocycles. The van der Waals surface area contributed by atoms with Gasteiger partial charge in [0.05, 0.1) is 12.2 Å². The van der Waals surface area contributed by atoms with E-state index in [0.29, 0.717) is 0 Å². The van der Waals surface area contributed by atoms with Crippen LogP contribution in [0.15, 0.2) is 35.8 Å². The van der Waals surface area contributed by atoms with Crippen molar-refractivity contribution in [1.82, 2.24) is 29.9 Å². The number of aryl methyl sites for hydroxylation is 2. The third-order valence-corrected chi connectivity index (χ3v) is 3.77. The summed E-state index contributed by atoms with van der Waals surface area (Å²) in [6.45, 7) is 1.51. The first-order valence-corrected chi connectivity index (χ1v) is 7.70. The van der Waals surface area contributed by atoms with Gasteiger partial charge in [-0.05, 0) is 25.7 Å². The average Bonchev–Trinajstić information content (AvgIpc) is 3.11. The van der Waals surface area contributed by atoms with E-state index in [-0.39, 0.29) is 30.0 Å². The van der Waals surface area contributed by atoms with Crippen molar-refractivity contribution in [3.05, 3.63) is 42.0 Å². The molecule has 1 atom stereocenters. The maximum absolute atomic E-state index is 4.29. The highest BCUT2D eigenvalue weighted by molar-refractivity contribution is 14.0. The van der Waals surface area contributed by atoms with Crippen LogP contribution in [0.2, 0.25) is 0 Å². The van der Waals surface area contributed by atoms with E-state index < -0.39 is 0 Å². The van der Waals surface area contributed by atoms with Crippen LogP contribution < -0.4 is 10.6 Å². The molecule has 134 valence electrons. The van der Waals surface area contributed by atoms with E-state index in [1.165, 1.54) is 11.1 Å². The zero-order valence-corrected chi connectivity index (χ0v) is 17.4. The molecule has 7 nitrogen and oxygen atoms in total. The summed E-state index contributed by atoms with van der Waals surface area (Å²) in [7, 11) is 9.88. The molecule has 24 heavy (non-hydrogen) atoms. The quantitative estimate of drug-likeness (QED) is 0.401. The number of hydrogen-bond donors (Lipinski definition) is 2. The molecule has 0 bridgehead atoms. The Morgan fingerprint density at radius 3 is 2.54 bits per heavy atom. The minimum atomic E-state index is 0. The van der Waals surface area contributed by atoms with Gasteiger partial charge in [0.15, 0.2) is 5.96 Å². The number of likely N-dealkylation sites (N-methyl/N-ethyl adjacent to an activating group) is 1. The van der Waals surface area contributed by atoms with Gasteiger partial charge in [-0.3, -0.25) is 9.67 Å². The second kappa shape index (κ2) is 9.67. The van der Waals surface area contributed by atoms with Gasteiger partial charge >= 0.3 is 0 Å². The van der Waals surface area contributed by atoms with E-state index in [9.17, 15) is 0 Å². The predicted molar refractivity (Wildman–Crippen MR) is 109 cm³/mol. The van der Waals surface area contributed by atoms with Crippen molar-refractivity contribution >= 4 is 29.9 Å². The second-order valence-corrected chi connectivity index (χ2v) is 5.92. The summed E-state index contributed by atoms with van der Waals surface area (Å²) in [6, 6.07) is 2.33. The van der Waals surface area contributed by atoms with Crippen molar-refractivity contribution in [1.29, 1.82) is 0 Å². The van der Waals surface area contributed by atoms with Crippen LogP contribution >= 0.6 is 24.0 Å². The smallest absolute Gasteiger partial charge is 0.191 e. The Morgan fingerprint density at radius 2 is 2.04 bits per heavy atom. The Morgan fingerprint density at radius 1 is 1.29 bits per heavy atom. The lowest BCUT2D eigenvalue weighted by Gasteiger charge is -2.24.